The molecule has 0 aliphatic heterocycles. The van der Waals surface area contributed by atoms with Gasteiger partial charge in [-0.15, -0.1) is 0 Å². The van der Waals surface area contributed by atoms with Crippen LogP contribution in [0.25, 0.3) is 0 Å². The van der Waals surface area contributed by atoms with Crippen LogP contribution in [-0.2, 0) is 0 Å². The zero-order valence-electron chi connectivity index (χ0n) is 13.6. The summed E-state index contributed by atoms with van der Waals surface area (Å²) >= 11 is 0. The number of rotatable bonds is 4. The second-order valence-electron chi connectivity index (χ2n) is 5.39. The van der Waals surface area contributed by atoms with E-state index in [1.807, 2.05) is 6.07 Å². The summed E-state index contributed by atoms with van der Waals surface area (Å²) in [6.45, 7) is 0. The number of nitrogens with zero attached hydrogens (tertiary/aromatic N) is 2. The molecule has 0 radical (unpaired) electrons. The number of amides is 1. The van der Waals surface area contributed by atoms with E-state index in [1.54, 1.807) is 30.3 Å². The Morgan fingerprint density at radius 2 is 1.78 bits per heavy atom. The van der Waals surface area contributed by atoms with Crippen LogP contribution in [0.15, 0.2) is 54.7 Å². The summed E-state index contributed by atoms with van der Waals surface area (Å²) in [5.74, 6) is -5.34. The van der Waals surface area contributed by atoms with E-state index >= 15 is 0 Å². The van der Waals surface area contributed by atoms with Crippen LogP contribution in [0.4, 0.5) is 30.2 Å². The normalized spacial score (nSPS) is 10.1. The van der Waals surface area contributed by atoms with Crippen LogP contribution in [0.2, 0.25) is 0 Å². The molecule has 1 heterocycles. The summed E-state index contributed by atoms with van der Waals surface area (Å²) in [7, 11) is 0. The Balaban J connectivity index is 1.82. The molecule has 0 fully saturated rings. The molecule has 0 saturated heterocycles. The van der Waals surface area contributed by atoms with Crippen LogP contribution in [0.3, 0.4) is 0 Å². The maximum Gasteiger partial charge on any atom is 0.274 e. The first-order chi connectivity index (χ1) is 13.0. The lowest BCUT2D eigenvalue weighted by molar-refractivity contribution is 0.102. The lowest BCUT2D eigenvalue weighted by Gasteiger charge is -2.10. The van der Waals surface area contributed by atoms with E-state index in [2.05, 4.69) is 15.6 Å². The standard InChI is InChI=1S/C19H11F3N4O/c20-13-5-6-15(18(22)17(13)21)26-19(27)16-9-12(7-8-24-16)25-14-4-2-1-3-11(14)10-23/h1-9H,(H,24,25)(H,26,27). The molecule has 0 aliphatic carbocycles. The van der Waals surface area contributed by atoms with Gasteiger partial charge in [-0.05, 0) is 36.4 Å². The van der Waals surface area contributed by atoms with Gasteiger partial charge >= 0.3 is 0 Å². The van der Waals surface area contributed by atoms with Crippen molar-refractivity contribution in [2.75, 3.05) is 10.6 Å². The van der Waals surface area contributed by atoms with Gasteiger partial charge < -0.3 is 10.6 Å². The highest BCUT2D eigenvalue weighted by molar-refractivity contribution is 6.03. The lowest BCUT2D eigenvalue weighted by Crippen LogP contribution is -2.15. The molecule has 1 amide bonds. The third-order valence-electron chi connectivity index (χ3n) is 3.60. The summed E-state index contributed by atoms with van der Waals surface area (Å²) in [5.41, 5.74) is 0.810. The highest BCUT2D eigenvalue weighted by atomic mass is 19.2. The molecule has 5 nitrogen and oxygen atoms in total. The minimum Gasteiger partial charge on any atom is -0.354 e. The van der Waals surface area contributed by atoms with Gasteiger partial charge in [-0.3, -0.25) is 9.78 Å². The number of benzene rings is 2. The minimum absolute atomic E-state index is 0.0847. The third kappa shape index (κ3) is 3.88. The van der Waals surface area contributed by atoms with Gasteiger partial charge in [0.05, 0.1) is 16.9 Å². The second-order valence-corrected chi connectivity index (χ2v) is 5.39. The molecule has 1 aromatic heterocycles. The molecule has 0 unspecified atom stereocenters. The van der Waals surface area contributed by atoms with Crippen molar-refractivity contribution in [1.29, 1.82) is 5.26 Å². The predicted molar refractivity (Wildman–Crippen MR) is 92.9 cm³/mol. The average molecular weight is 368 g/mol. The quantitative estimate of drug-likeness (QED) is 0.671. The van der Waals surface area contributed by atoms with Crippen LogP contribution in [0, 0.1) is 28.8 Å². The van der Waals surface area contributed by atoms with E-state index in [0.29, 0.717) is 23.0 Å². The number of halogens is 3. The van der Waals surface area contributed by atoms with E-state index in [4.69, 9.17) is 5.26 Å². The van der Waals surface area contributed by atoms with E-state index in [-0.39, 0.29) is 5.69 Å². The Morgan fingerprint density at radius 1 is 1.00 bits per heavy atom. The fourth-order valence-electron chi connectivity index (χ4n) is 2.29. The first-order valence-corrected chi connectivity index (χ1v) is 7.66. The molecular weight excluding hydrogens is 357 g/mol. The van der Waals surface area contributed by atoms with Gasteiger partial charge in [-0.1, -0.05) is 12.1 Å². The molecule has 0 saturated carbocycles. The van der Waals surface area contributed by atoms with Crippen LogP contribution >= 0.6 is 0 Å². The molecular formula is C19H11F3N4O. The van der Waals surface area contributed by atoms with Crippen molar-refractivity contribution < 1.29 is 18.0 Å². The average Bonchev–Trinajstić information content (AvgIpc) is 2.69. The van der Waals surface area contributed by atoms with Crippen LogP contribution in [0.1, 0.15) is 16.1 Å². The molecule has 0 bridgehead atoms. The first-order valence-electron chi connectivity index (χ1n) is 7.66. The number of pyridine rings is 1. The summed E-state index contributed by atoms with van der Waals surface area (Å²) < 4.78 is 39.9. The third-order valence-corrected chi connectivity index (χ3v) is 3.60. The van der Waals surface area contributed by atoms with Crippen molar-refractivity contribution in [1.82, 2.24) is 4.98 Å². The van der Waals surface area contributed by atoms with E-state index in [9.17, 15) is 18.0 Å². The van der Waals surface area contributed by atoms with E-state index in [1.165, 1.54) is 12.3 Å². The summed E-state index contributed by atoms with van der Waals surface area (Å²) in [6, 6.07) is 13.4. The second kappa shape index (κ2) is 7.58. The molecule has 134 valence electrons. The number of hydrogen-bond acceptors (Lipinski definition) is 4. The number of anilines is 3. The topological polar surface area (TPSA) is 77.8 Å². The molecule has 27 heavy (non-hydrogen) atoms. The van der Waals surface area contributed by atoms with Gasteiger partial charge in [0, 0.05) is 11.9 Å². The Hall–Kier alpha value is -3.86. The molecule has 0 aliphatic rings. The SMILES string of the molecule is N#Cc1ccccc1Nc1ccnc(C(=O)Nc2ccc(F)c(F)c2F)c1. The van der Waals surface area contributed by atoms with Crippen molar-refractivity contribution in [3.05, 3.63) is 83.4 Å². The summed E-state index contributed by atoms with van der Waals surface area (Å²) in [5, 5.41) is 14.2. The molecule has 2 aromatic carbocycles. The molecule has 0 atom stereocenters. The number of para-hydroxylation sites is 1. The number of nitriles is 1. The summed E-state index contributed by atoms with van der Waals surface area (Å²) in [6.07, 6.45) is 1.34. The maximum atomic E-state index is 13.7. The Kier molecular flexibility index (Phi) is 5.04. The largest absolute Gasteiger partial charge is 0.354 e. The molecule has 2 N–H and O–H groups in total. The monoisotopic (exact) mass is 368 g/mol. The number of nitrogens with one attached hydrogen (secondary N) is 2. The Morgan fingerprint density at radius 3 is 2.56 bits per heavy atom. The van der Waals surface area contributed by atoms with Crippen molar-refractivity contribution >= 4 is 23.0 Å². The Bertz CT molecular complexity index is 1060. The molecule has 3 rings (SSSR count). The maximum absolute atomic E-state index is 13.7. The van der Waals surface area contributed by atoms with Gasteiger partial charge in [-0.2, -0.15) is 5.26 Å². The van der Waals surface area contributed by atoms with Crippen LogP contribution in [0.5, 0.6) is 0 Å². The number of hydrogen-bond donors (Lipinski definition) is 2. The van der Waals surface area contributed by atoms with Crippen molar-refractivity contribution in [3.8, 4) is 6.07 Å². The van der Waals surface area contributed by atoms with E-state index < -0.39 is 29.0 Å². The molecule has 8 heteroatoms. The van der Waals surface area contributed by atoms with Gasteiger partial charge in [0.2, 0.25) is 0 Å². The zero-order valence-corrected chi connectivity index (χ0v) is 13.6. The van der Waals surface area contributed by atoms with Crippen molar-refractivity contribution in [2.45, 2.75) is 0 Å². The first kappa shape index (κ1) is 17.9. The van der Waals surface area contributed by atoms with Crippen molar-refractivity contribution in [3.63, 3.8) is 0 Å². The highest BCUT2D eigenvalue weighted by Gasteiger charge is 2.17. The number of carbonyl (C=O) groups excluding carboxylic acids is 1. The summed E-state index contributed by atoms with van der Waals surface area (Å²) in [4.78, 5) is 16.1. The number of aromatic nitrogens is 1. The van der Waals surface area contributed by atoms with Crippen molar-refractivity contribution in [2.24, 2.45) is 0 Å². The predicted octanol–water partition coefficient (Wildman–Crippen LogP) is 4.37. The lowest BCUT2D eigenvalue weighted by atomic mass is 10.2. The number of carbonyl (C=O) groups is 1. The Labute approximate surface area is 152 Å². The molecule has 0 spiro atoms. The smallest absolute Gasteiger partial charge is 0.274 e. The van der Waals surface area contributed by atoms with Gasteiger partial charge in [0.25, 0.3) is 5.91 Å². The fraction of sp³-hybridized carbons (Fsp3) is 0. The van der Waals surface area contributed by atoms with Gasteiger partial charge in [0.1, 0.15) is 11.8 Å². The minimum atomic E-state index is -1.68. The van der Waals surface area contributed by atoms with Gasteiger partial charge in [-0.25, -0.2) is 13.2 Å². The van der Waals surface area contributed by atoms with Gasteiger partial charge in [0.15, 0.2) is 17.5 Å². The van der Waals surface area contributed by atoms with Crippen LogP contribution in [-0.4, -0.2) is 10.9 Å². The van der Waals surface area contributed by atoms with E-state index in [0.717, 1.165) is 6.07 Å². The fourth-order valence-corrected chi connectivity index (χ4v) is 2.29. The zero-order chi connectivity index (χ0) is 19.4. The molecule has 3 aromatic rings. The highest BCUT2D eigenvalue weighted by Crippen LogP contribution is 2.22. The van der Waals surface area contributed by atoms with Crippen LogP contribution < -0.4 is 10.6 Å².